The molecular formula is C15H20BrNO2. The fraction of sp³-hybridized carbons (Fsp3) is 0.533. The second-order valence-electron chi connectivity index (χ2n) is 5.01. The number of ether oxygens (including phenoxy) is 1. The van der Waals surface area contributed by atoms with Crippen LogP contribution in [0.2, 0.25) is 0 Å². The van der Waals surface area contributed by atoms with Gasteiger partial charge >= 0.3 is 0 Å². The predicted molar refractivity (Wildman–Crippen MR) is 79.8 cm³/mol. The van der Waals surface area contributed by atoms with Crippen LogP contribution in [0.1, 0.15) is 31.2 Å². The molecule has 1 aromatic rings. The van der Waals surface area contributed by atoms with Crippen molar-refractivity contribution in [3.05, 3.63) is 29.8 Å². The molecule has 1 fully saturated rings. The maximum atomic E-state index is 12.1. The molecule has 2 rings (SSSR count). The lowest BCUT2D eigenvalue weighted by atomic mass is 9.95. The van der Waals surface area contributed by atoms with Gasteiger partial charge in [-0.15, -0.1) is 0 Å². The number of para-hydroxylation sites is 1. The highest BCUT2D eigenvalue weighted by Gasteiger charge is 2.20. The number of methoxy groups -OCH3 is 1. The third-order valence-corrected chi connectivity index (χ3v) is 4.48. The van der Waals surface area contributed by atoms with Crippen LogP contribution in [0.25, 0.3) is 0 Å². The van der Waals surface area contributed by atoms with Gasteiger partial charge < -0.3 is 10.1 Å². The van der Waals surface area contributed by atoms with E-state index in [1.807, 2.05) is 24.3 Å². The van der Waals surface area contributed by atoms with E-state index in [9.17, 15) is 4.79 Å². The molecule has 0 radical (unpaired) electrons. The van der Waals surface area contributed by atoms with Crippen molar-refractivity contribution in [3.63, 3.8) is 0 Å². The zero-order valence-electron chi connectivity index (χ0n) is 11.2. The first-order valence-electron chi connectivity index (χ1n) is 6.74. The summed E-state index contributed by atoms with van der Waals surface area (Å²) in [5.41, 5.74) is 0.941. The smallest absolute Gasteiger partial charge is 0.224 e. The van der Waals surface area contributed by atoms with Crippen molar-refractivity contribution in [2.24, 2.45) is 0 Å². The van der Waals surface area contributed by atoms with Gasteiger partial charge in [-0.1, -0.05) is 34.1 Å². The fourth-order valence-corrected chi connectivity index (χ4v) is 3.03. The molecule has 0 atom stereocenters. The first kappa shape index (κ1) is 14.4. The zero-order valence-corrected chi connectivity index (χ0v) is 12.8. The Morgan fingerprint density at radius 2 is 2.00 bits per heavy atom. The lowest BCUT2D eigenvalue weighted by Gasteiger charge is -2.26. The summed E-state index contributed by atoms with van der Waals surface area (Å²) in [6, 6.07) is 8.00. The number of hydrogen-bond donors (Lipinski definition) is 1. The number of amides is 1. The van der Waals surface area contributed by atoms with Gasteiger partial charge in [0.05, 0.1) is 13.5 Å². The first-order valence-corrected chi connectivity index (χ1v) is 7.66. The van der Waals surface area contributed by atoms with Crippen molar-refractivity contribution in [2.45, 2.75) is 43.0 Å². The summed E-state index contributed by atoms with van der Waals surface area (Å²) in [6.07, 6.45) is 4.79. The highest BCUT2D eigenvalue weighted by Crippen LogP contribution is 2.24. The largest absolute Gasteiger partial charge is 0.496 e. The van der Waals surface area contributed by atoms with Gasteiger partial charge in [0.15, 0.2) is 0 Å². The summed E-state index contributed by atoms with van der Waals surface area (Å²) in [4.78, 5) is 12.7. The van der Waals surface area contributed by atoms with E-state index >= 15 is 0 Å². The Morgan fingerprint density at radius 1 is 1.32 bits per heavy atom. The second kappa shape index (κ2) is 6.94. The Bertz CT molecular complexity index is 428. The van der Waals surface area contributed by atoms with Crippen LogP contribution < -0.4 is 10.1 Å². The van der Waals surface area contributed by atoms with Gasteiger partial charge in [0.2, 0.25) is 5.91 Å². The minimum atomic E-state index is 0.0857. The van der Waals surface area contributed by atoms with E-state index in [1.165, 1.54) is 0 Å². The van der Waals surface area contributed by atoms with Crippen LogP contribution in [0, 0.1) is 0 Å². The van der Waals surface area contributed by atoms with Crippen LogP contribution in [0.5, 0.6) is 5.75 Å². The van der Waals surface area contributed by atoms with Crippen LogP contribution in [-0.2, 0) is 11.2 Å². The van der Waals surface area contributed by atoms with Crippen molar-refractivity contribution < 1.29 is 9.53 Å². The number of carbonyl (C=O) groups is 1. The molecule has 19 heavy (non-hydrogen) atoms. The zero-order chi connectivity index (χ0) is 13.7. The summed E-state index contributed by atoms with van der Waals surface area (Å²) < 4.78 is 5.26. The van der Waals surface area contributed by atoms with Gasteiger partial charge in [0, 0.05) is 16.4 Å². The summed E-state index contributed by atoms with van der Waals surface area (Å²) in [7, 11) is 1.63. The highest BCUT2D eigenvalue weighted by molar-refractivity contribution is 9.09. The van der Waals surface area contributed by atoms with Crippen LogP contribution in [0.4, 0.5) is 0 Å². The molecule has 1 aromatic carbocycles. The molecule has 1 saturated carbocycles. The Hall–Kier alpha value is -1.03. The third kappa shape index (κ3) is 4.23. The maximum Gasteiger partial charge on any atom is 0.224 e. The lowest BCUT2D eigenvalue weighted by molar-refractivity contribution is -0.121. The van der Waals surface area contributed by atoms with E-state index in [-0.39, 0.29) is 5.91 Å². The second-order valence-corrected chi connectivity index (χ2v) is 6.30. The predicted octanol–water partition coefficient (Wildman–Crippen LogP) is 3.06. The van der Waals surface area contributed by atoms with Crippen LogP contribution >= 0.6 is 15.9 Å². The fourth-order valence-electron chi connectivity index (χ4n) is 2.50. The molecule has 1 aliphatic carbocycles. The van der Waals surface area contributed by atoms with E-state index in [0.29, 0.717) is 17.3 Å². The Morgan fingerprint density at radius 3 is 2.68 bits per heavy atom. The molecule has 0 heterocycles. The van der Waals surface area contributed by atoms with E-state index < -0.39 is 0 Å². The molecule has 0 aromatic heterocycles. The van der Waals surface area contributed by atoms with Crippen molar-refractivity contribution >= 4 is 21.8 Å². The van der Waals surface area contributed by atoms with E-state index in [0.717, 1.165) is 37.0 Å². The number of rotatable bonds is 4. The Labute approximate surface area is 122 Å². The number of nitrogens with one attached hydrogen (secondary N) is 1. The van der Waals surface area contributed by atoms with Gasteiger partial charge in [0.25, 0.3) is 0 Å². The summed E-state index contributed by atoms with van der Waals surface area (Å²) in [5, 5.41) is 3.12. The Kier molecular flexibility index (Phi) is 5.25. The molecule has 104 valence electrons. The van der Waals surface area contributed by atoms with Crippen molar-refractivity contribution in [1.82, 2.24) is 5.32 Å². The number of hydrogen-bond acceptors (Lipinski definition) is 2. The van der Waals surface area contributed by atoms with Gasteiger partial charge in [-0.2, -0.15) is 0 Å². The Balaban J connectivity index is 1.87. The molecule has 0 unspecified atom stereocenters. The first-order chi connectivity index (χ1) is 9.19. The summed E-state index contributed by atoms with van der Waals surface area (Å²) >= 11 is 3.63. The average Bonchev–Trinajstić information content (AvgIpc) is 2.42. The lowest BCUT2D eigenvalue weighted by Crippen LogP contribution is -2.38. The van der Waals surface area contributed by atoms with Crippen molar-refractivity contribution in [1.29, 1.82) is 0 Å². The van der Waals surface area contributed by atoms with Crippen molar-refractivity contribution in [3.8, 4) is 5.75 Å². The molecule has 1 aliphatic rings. The van der Waals surface area contributed by atoms with Gasteiger partial charge in [-0.25, -0.2) is 0 Å². The van der Waals surface area contributed by atoms with E-state index in [1.54, 1.807) is 7.11 Å². The molecule has 0 spiro atoms. The van der Waals surface area contributed by atoms with Gasteiger partial charge in [-0.05, 0) is 31.7 Å². The van der Waals surface area contributed by atoms with Crippen molar-refractivity contribution in [2.75, 3.05) is 7.11 Å². The maximum absolute atomic E-state index is 12.1. The molecule has 0 bridgehead atoms. The van der Waals surface area contributed by atoms with E-state index in [4.69, 9.17) is 4.74 Å². The number of halogens is 1. The SMILES string of the molecule is COc1ccccc1CC(=O)NC1CCC(Br)CC1. The quantitative estimate of drug-likeness (QED) is 0.864. The minimum Gasteiger partial charge on any atom is -0.496 e. The van der Waals surface area contributed by atoms with Crippen LogP contribution in [0.3, 0.4) is 0 Å². The van der Waals surface area contributed by atoms with Gasteiger partial charge in [-0.3, -0.25) is 4.79 Å². The average molecular weight is 326 g/mol. The molecule has 0 aliphatic heterocycles. The molecule has 4 heteroatoms. The van der Waals surface area contributed by atoms with Crippen LogP contribution in [0.15, 0.2) is 24.3 Å². The van der Waals surface area contributed by atoms with E-state index in [2.05, 4.69) is 21.2 Å². The number of benzene rings is 1. The monoisotopic (exact) mass is 325 g/mol. The molecule has 0 saturated heterocycles. The normalized spacial score (nSPS) is 22.8. The van der Waals surface area contributed by atoms with Gasteiger partial charge in [0.1, 0.15) is 5.75 Å². The number of alkyl halides is 1. The molecule has 1 amide bonds. The number of carbonyl (C=O) groups excluding carboxylic acids is 1. The summed E-state index contributed by atoms with van der Waals surface area (Å²) in [6.45, 7) is 0. The standard InChI is InChI=1S/C15H20BrNO2/c1-19-14-5-3-2-4-11(14)10-15(18)17-13-8-6-12(16)7-9-13/h2-5,12-13H,6-10H2,1H3,(H,17,18). The topological polar surface area (TPSA) is 38.3 Å². The molecular weight excluding hydrogens is 306 g/mol. The third-order valence-electron chi connectivity index (χ3n) is 3.57. The van der Waals surface area contributed by atoms with Crippen LogP contribution in [-0.4, -0.2) is 23.9 Å². The molecule has 1 N–H and O–H groups in total. The molecule has 3 nitrogen and oxygen atoms in total. The minimum absolute atomic E-state index is 0.0857. The summed E-state index contributed by atoms with van der Waals surface area (Å²) in [5.74, 6) is 0.865. The highest BCUT2D eigenvalue weighted by atomic mass is 79.9.